The monoisotopic (exact) mass is 286 g/mol. The molecule has 1 aromatic carbocycles. The number of benzene rings is 1. The van der Waals surface area contributed by atoms with Crippen molar-refractivity contribution in [3.8, 4) is 0 Å². The van der Waals surface area contributed by atoms with Gasteiger partial charge in [0.2, 0.25) is 5.24 Å². The number of carbonyl (C=O) groups excluding carboxylic acids is 1. The highest BCUT2D eigenvalue weighted by atomic mass is 79.9. The van der Waals surface area contributed by atoms with Gasteiger partial charge in [-0.25, -0.2) is 0 Å². The van der Waals surface area contributed by atoms with Crippen LogP contribution in [0.2, 0.25) is 0 Å². The van der Waals surface area contributed by atoms with Crippen molar-refractivity contribution in [2.75, 3.05) is 0 Å². The highest BCUT2D eigenvalue weighted by molar-refractivity contribution is 9.10. The largest absolute Gasteiger partial charge is 0.280 e. The summed E-state index contributed by atoms with van der Waals surface area (Å²) in [5, 5.41) is -0.357. The Bertz CT molecular complexity index is 372. The second-order valence-electron chi connectivity index (χ2n) is 3.61. The molecule has 80 valence electrons. The summed E-state index contributed by atoms with van der Waals surface area (Å²) >= 11 is 8.99. The minimum absolute atomic E-state index is 0.357. The van der Waals surface area contributed by atoms with Crippen LogP contribution < -0.4 is 0 Å². The van der Waals surface area contributed by atoms with Crippen LogP contribution in [0, 0.1) is 0 Å². The quantitative estimate of drug-likeness (QED) is 0.603. The summed E-state index contributed by atoms with van der Waals surface area (Å²) < 4.78 is 0.981. The van der Waals surface area contributed by atoms with Crippen LogP contribution in [0.3, 0.4) is 0 Å². The Morgan fingerprint density at radius 1 is 1.53 bits per heavy atom. The molecule has 0 bridgehead atoms. The van der Waals surface area contributed by atoms with Gasteiger partial charge in [-0.2, -0.15) is 0 Å². The molecule has 0 aliphatic carbocycles. The third kappa shape index (κ3) is 2.70. The molecule has 1 nitrogen and oxygen atoms in total. The van der Waals surface area contributed by atoms with Crippen molar-refractivity contribution in [2.45, 2.75) is 18.8 Å². The first kappa shape index (κ1) is 12.5. The van der Waals surface area contributed by atoms with Crippen molar-refractivity contribution in [3.05, 3.63) is 47.0 Å². The third-order valence-electron chi connectivity index (χ3n) is 2.47. The van der Waals surface area contributed by atoms with Gasteiger partial charge in [0.05, 0.1) is 5.41 Å². The summed E-state index contributed by atoms with van der Waals surface area (Å²) in [7, 11) is 0. The van der Waals surface area contributed by atoms with Gasteiger partial charge in [0.25, 0.3) is 0 Å². The van der Waals surface area contributed by atoms with E-state index in [4.69, 9.17) is 11.6 Å². The van der Waals surface area contributed by atoms with E-state index >= 15 is 0 Å². The van der Waals surface area contributed by atoms with Crippen LogP contribution in [0.4, 0.5) is 0 Å². The van der Waals surface area contributed by atoms with Crippen molar-refractivity contribution in [2.24, 2.45) is 0 Å². The van der Waals surface area contributed by atoms with E-state index in [1.165, 1.54) is 0 Å². The molecule has 1 atom stereocenters. The predicted molar refractivity (Wildman–Crippen MR) is 67.2 cm³/mol. The second kappa shape index (κ2) is 4.95. The standard InChI is InChI=1S/C12H12BrClO/c1-3-8-12(2,11(14)15)9-4-6-10(13)7-5-9/h3-7H,1,8H2,2H3. The van der Waals surface area contributed by atoms with Gasteiger partial charge in [-0.15, -0.1) is 6.58 Å². The third-order valence-corrected chi connectivity index (χ3v) is 3.41. The lowest BCUT2D eigenvalue weighted by Gasteiger charge is -2.24. The maximum atomic E-state index is 11.4. The number of rotatable bonds is 4. The Balaban J connectivity index is 3.14. The lowest BCUT2D eigenvalue weighted by molar-refractivity contribution is -0.116. The number of hydrogen-bond acceptors (Lipinski definition) is 1. The van der Waals surface area contributed by atoms with Gasteiger partial charge in [-0.3, -0.25) is 4.79 Å². The molecular formula is C12H12BrClO. The molecule has 0 aliphatic heterocycles. The zero-order valence-electron chi connectivity index (χ0n) is 8.47. The molecular weight excluding hydrogens is 275 g/mol. The van der Waals surface area contributed by atoms with Crippen molar-refractivity contribution < 1.29 is 4.79 Å². The highest BCUT2D eigenvalue weighted by Gasteiger charge is 2.32. The van der Waals surface area contributed by atoms with E-state index in [1.54, 1.807) is 6.08 Å². The number of hydrogen-bond donors (Lipinski definition) is 0. The van der Waals surface area contributed by atoms with Gasteiger partial charge in [-0.05, 0) is 42.6 Å². The van der Waals surface area contributed by atoms with Crippen molar-refractivity contribution in [1.82, 2.24) is 0 Å². The minimum Gasteiger partial charge on any atom is -0.280 e. The molecule has 0 saturated heterocycles. The van der Waals surface area contributed by atoms with Gasteiger partial charge >= 0.3 is 0 Å². The molecule has 0 amide bonds. The van der Waals surface area contributed by atoms with E-state index < -0.39 is 5.41 Å². The Morgan fingerprint density at radius 3 is 2.47 bits per heavy atom. The fourth-order valence-corrected chi connectivity index (χ4v) is 1.87. The molecule has 1 unspecified atom stereocenters. The summed E-state index contributed by atoms with van der Waals surface area (Å²) in [6, 6.07) is 7.59. The number of carbonyl (C=O) groups is 1. The van der Waals surface area contributed by atoms with E-state index in [9.17, 15) is 4.79 Å². The molecule has 1 aromatic rings. The Kier molecular flexibility index (Phi) is 4.12. The van der Waals surface area contributed by atoms with E-state index in [2.05, 4.69) is 22.5 Å². The van der Waals surface area contributed by atoms with Crippen LogP contribution >= 0.6 is 27.5 Å². The zero-order chi connectivity index (χ0) is 11.5. The topological polar surface area (TPSA) is 17.1 Å². The molecule has 3 heteroatoms. The zero-order valence-corrected chi connectivity index (χ0v) is 10.8. The molecule has 0 N–H and O–H groups in total. The van der Waals surface area contributed by atoms with Crippen LogP contribution in [0.1, 0.15) is 18.9 Å². The lowest BCUT2D eigenvalue weighted by Crippen LogP contribution is -2.28. The number of halogens is 2. The first-order valence-electron chi connectivity index (χ1n) is 4.57. The first-order chi connectivity index (χ1) is 7.00. The summed E-state index contributed by atoms with van der Waals surface area (Å²) in [4.78, 5) is 11.4. The normalized spacial score (nSPS) is 14.3. The Hall–Kier alpha value is -0.600. The molecule has 0 aromatic heterocycles. The molecule has 0 aliphatic rings. The average Bonchev–Trinajstić information content (AvgIpc) is 2.18. The van der Waals surface area contributed by atoms with Gasteiger partial charge in [0.1, 0.15) is 0 Å². The maximum Gasteiger partial charge on any atom is 0.232 e. The van der Waals surface area contributed by atoms with Crippen LogP contribution in [0.25, 0.3) is 0 Å². The van der Waals surface area contributed by atoms with E-state index in [-0.39, 0.29) is 5.24 Å². The van der Waals surface area contributed by atoms with Gasteiger partial charge in [0.15, 0.2) is 0 Å². The van der Waals surface area contributed by atoms with Crippen LogP contribution in [-0.4, -0.2) is 5.24 Å². The van der Waals surface area contributed by atoms with Gasteiger partial charge in [0, 0.05) is 4.47 Å². The molecule has 0 radical (unpaired) electrons. The summed E-state index contributed by atoms with van der Waals surface area (Å²) in [5.74, 6) is 0. The summed E-state index contributed by atoms with van der Waals surface area (Å²) in [5.41, 5.74) is 0.231. The van der Waals surface area contributed by atoms with E-state index in [0.717, 1.165) is 10.0 Å². The molecule has 0 heterocycles. The lowest BCUT2D eigenvalue weighted by atomic mass is 9.81. The van der Waals surface area contributed by atoms with Gasteiger partial charge < -0.3 is 0 Å². The summed E-state index contributed by atoms with van der Waals surface area (Å²) in [6.45, 7) is 5.48. The van der Waals surface area contributed by atoms with Crippen LogP contribution in [0.5, 0.6) is 0 Å². The maximum absolute atomic E-state index is 11.4. The van der Waals surface area contributed by atoms with Crippen molar-refractivity contribution in [3.63, 3.8) is 0 Å². The minimum atomic E-state index is -0.677. The Labute approximate surface area is 103 Å². The molecule has 15 heavy (non-hydrogen) atoms. The average molecular weight is 288 g/mol. The highest BCUT2D eigenvalue weighted by Crippen LogP contribution is 2.31. The smallest absolute Gasteiger partial charge is 0.232 e. The molecule has 1 rings (SSSR count). The predicted octanol–water partition coefficient (Wildman–Crippen LogP) is 4.05. The van der Waals surface area contributed by atoms with Crippen molar-refractivity contribution in [1.29, 1.82) is 0 Å². The fourth-order valence-electron chi connectivity index (χ4n) is 1.42. The summed E-state index contributed by atoms with van der Waals surface area (Å²) in [6.07, 6.45) is 2.25. The van der Waals surface area contributed by atoms with E-state index in [1.807, 2.05) is 31.2 Å². The van der Waals surface area contributed by atoms with Gasteiger partial charge in [-0.1, -0.05) is 34.1 Å². The first-order valence-corrected chi connectivity index (χ1v) is 5.74. The van der Waals surface area contributed by atoms with Crippen LogP contribution in [-0.2, 0) is 10.2 Å². The number of allylic oxidation sites excluding steroid dienone is 1. The van der Waals surface area contributed by atoms with Crippen LogP contribution in [0.15, 0.2) is 41.4 Å². The fraction of sp³-hybridized carbons (Fsp3) is 0.250. The van der Waals surface area contributed by atoms with E-state index in [0.29, 0.717) is 6.42 Å². The second-order valence-corrected chi connectivity index (χ2v) is 4.86. The molecule has 0 spiro atoms. The van der Waals surface area contributed by atoms with Crippen molar-refractivity contribution >= 4 is 32.8 Å². The molecule has 0 saturated carbocycles. The Morgan fingerprint density at radius 2 is 2.07 bits per heavy atom. The SMILES string of the molecule is C=CCC(C)(C(=O)Cl)c1ccc(Br)cc1. The molecule has 0 fully saturated rings.